The molecular weight excluding hydrogens is 267 g/mol. The Morgan fingerprint density at radius 3 is 2.78 bits per heavy atom. The predicted molar refractivity (Wildman–Crippen MR) is 76.4 cm³/mol. The number of hydrogen-bond acceptors (Lipinski definition) is 2. The zero-order valence-electron chi connectivity index (χ0n) is 10.1. The zero-order chi connectivity index (χ0) is 12.7. The van der Waals surface area contributed by atoms with Crippen LogP contribution in [0.3, 0.4) is 0 Å². The monoisotopic (exact) mass is 280 g/mol. The molecule has 2 aromatic rings. The van der Waals surface area contributed by atoms with Gasteiger partial charge in [-0.25, -0.2) is 0 Å². The van der Waals surface area contributed by atoms with E-state index in [1.807, 2.05) is 13.0 Å². The van der Waals surface area contributed by atoms with Crippen LogP contribution in [0.1, 0.15) is 24.1 Å². The molecule has 3 rings (SSSR count). The van der Waals surface area contributed by atoms with Gasteiger partial charge in [0.1, 0.15) is 0 Å². The molecule has 1 aromatic carbocycles. The molecule has 1 aliphatic carbocycles. The van der Waals surface area contributed by atoms with Gasteiger partial charge in [-0.05, 0) is 43.5 Å². The van der Waals surface area contributed by atoms with Gasteiger partial charge in [-0.2, -0.15) is 0 Å². The molecule has 0 unspecified atom stereocenters. The van der Waals surface area contributed by atoms with Crippen LogP contribution in [-0.2, 0) is 6.54 Å². The summed E-state index contributed by atoms with van der Waals surface area (Å²) in [6.45, 7) is 2.83. The van der Waals surface area contributed by atoms with Crippen molar-refractivity contribution in [3.63, 3.8) is 0 Å². The van der Waals surface area contributed by atoms with E-state index >= 15 is 0 Å². The average molecular weight is 281 g/mol. The van der Waals surface area contributed by atoms with Crippen molar-refractivity contribution >= 4 is 34.1 Å². The van der Waals surface area contributed by atoms with Gasteiger partial charge in [-0.15, -0.1) is 0 Å². The number of halogens is 2. The van der Waals surface area contributed by atoms with Gasteiger partial charge in [0, 0.05) is 28.7 Å². The predicted octanol–water partition coefficient (Wildman–Crippen LogP) is 4.10. The summed E-state index contributed by atoms with van der Waals surface area (Å²) in [6.07, 6.45) is 2.56. The molecule has 0 spiro atoms. The quantitative estimate of drug-likeness (QED) is 0.916. The van der Waals surface area contributed by atoms with Crippen molar-refractivity contribution in [3.05, 3.63) is 39.5 Å². The Morgan fingerprint density at radius 2 is 2.06 bits per heavy atom. The molecule has 2 nitrogen and oxygen atoms in total. The minimum Gasteiger partial charge on any atom is -0.310 e. The molecule has 0 radical (unpaired) electrons. The molecule has 94 valence electrons. The number of fused-ring (bicyclic) bond motifs is 1. The van der Waals surface area contributed by atoms with E-state index in [4.69, 9.17) is 23.2 Å². The molecule has 0 aliphatic heterocycles. The second kappa shape index (κ2) is 4.69. The first-order valence-electron chi connectivity index (χ1n) is 6.12. The number of pyridine rings is 1. The third-order valence-electron chi connectivity index (χ3n) is 3.19. The molecule has 1 fully saturated rings. The smallest absolute Gasteiger partial charge is 0.0738 e. The molecule has 0 amide bonds. The number of aromatic nitrogens is 1. The van der Waals surface area contributed by atoms with Gasteiger partial charge in [0.25, 0.3) is 0 Å². The highest BCUT2D eigenvalue weighted by Crippen LogP contribution is 2.30. The van der Waals surface area contributed by atoms with E-state index in [1.165, 1.54) is 18.4 Å². The van der Waals surface area contributed by atoms with E-state index in [1.54, 1.807) is 6.07 Å². The number of hydrogen-bond donors (Lipinski definition) is 1. The summed E-state index contributed by atoms with van der Waals surface area (Å²) in [7, 11) is 0. The molecule has 1 aromatic heterocycles. The van der Waals surface area contributed by atoms with Gasteiger partial charge in [-0.1, -0.05) is 23.2 Å². The number of benzene rings is 1. The van der Waals surface area contributed by atoms with Crippen molar-refractivity contribution in [1.82, 2.24) is 10.3 Å². The fraction of sp³-hybridized carbons (Fsp3) is 0.357. The van der Waals surface area contributed by atoms with Crippen LogP contribution in [0.15, 0.2) is 18.2 Å². The van der Waals surface area contributed by atoms with Crippen molar-refractivity contribution in [2.45, 2.75) is 32.4 Å². The Balaban J connectivity index is 2.09. The zero-order valence-corrected chi connectivity index (χ0v) is 11.6. The third-order valence-corrected chi connectivity index (χ3v) is 3.71. The largest absolute Gasteiger partial charge is 0.310 e. The first-order valence-corrected chi connectivity index (χ1v) is 6.88. The fourth-order valence-electron chi connectivity index (χ4n) is 2.19. The molecule has 1 N–H and O–H groups in total. The maximum Gasteiger partial charge on any atom is 0.0738 e. The highest BCUT2D eigenvalue weighted by Gasteiger charge is 2.20. The van der Waals surface area contributed by atoms with Crippen molar-refractivity contribution in [3.8, 4) is 0 Å². The van der Waals surface area contributed by atoms with Gasteiger partial charge in [-0.3, -0.25) is 4.98 Å². The number of nitrogens with one attached hydrogen (secondary N) is 1. The molecule has 1 saturated carbocycles. The summed E-state index contributed by atoms with van der Waals surface area (Å²) < 4.78 is 0. The third kappa shape index (κ3) is 2.46. The normalized spacial score (nSPS) is 15.3. The standard InChI is InChI=1S/C14H14Cl2N2/c1-8-4-9(7-17-11-2-3-11)14-12(16)5-10(15)6-13(14)18-8/h4-6,11,17H,2-3,7H2,1H3. The van der Waals surface area contributed by atoms with Gasteiger partial charge in [0.2, 0.25) is 0 Å². The Bertz CT molecular complexity index is 601. The maximum atomic E-state index is 6.30. The van der Waals surface area contributed by atoms with Gasteiger partial charge in [0.05, 0.1) is 10.5 Å². The summed E-state index contributed by atoms with van der Waals surface area (Å²) in [6, 6.07) is 6.43. The maximum absolute atomic E-state index is 6.30. The van der Waals surface area contributed by atoms with Crippen molar-refractivity contribution < 1.29 is 0 Å². The highest BCUT2D eigenvalue weighted by molar-refractivity contribution is 6.38. The molecule has 0 saturated heterocycles. The Labute approximate surface area is 116 Å². The van der Waals surface area contributed by atoms with E-state index in [-0.39, 0.29) is 0 Å². The van der Waals surface area contributed by atoms with Crippen LogP contribution < -0.4 is 5.32 Å². The van der Waals surface area contributed by atoms with Crippen LogP contribution in [0, 0.1) is 6.92 Å². The first kappa shape index (κ1) is 12.2. The SMILES string of the molecule is Cc1cc(CNC2CC2)c2c(Cl)cc(Cl)cc2n1. The van der Waals surface area contributed by atoms with Crippen molar-refractivity contribution in [2.75, 3.05) is 0 Å². The lowest BCUT2D eigenvalue weighted by molar-refractivity contribution is 0.690. The summed E-state index contributed by atoms with van der Waals surface area (Å²) >= 11 is 12.3. The number of nitrogens with zero attached hydrogens (tertiary/aromatic N) is 1. The molecule has 0 atom stereocenters. The molecule has 1 heterocycles. The van der Waals surface area contributed by atoms with E-state index in [9.17, 15) is 0 Å². The summed E-state index contributed by atoms with van der Waals surface area (Å²) in [5.41, 5.74) is 3.07. The number of rotatable bonds is 3. The topological polar surface area (TPSA) is 24.9 Å². The van der Waals surface area contributed by atoms with E-state index in [2.05, 4.69) is 16.4 Å². The summed E-state index contributed by atoms with van der Waals surface area (Å²) in [5, 5.41) is 5.84. The molecule has 1 aliphatic rings. The lowest BCUT2D eigenvalue weighted by atomic mass is 10.1. The van der Waals surface area contributed by atoms with Gasteiger partial charge in [0.15, 0.2) is 0 Å². The number of aryl methyl sites for hydroxylation is 1. The van der Waals surface area contributed by atoms with Crippen LogP contribution in [-0.4, -0.2) is 11.0 Å². The van der Waals surface area contributed by atoms with Crippen LogP contribution in [0.2, 0.25) is 10.0 Å². The van der Waals surface area contributed by atoms with Crippen LogP contribution in [0.4, 0.5) is 0 Å². The first-order chi connectivity index (χ1) is 8.63. The Hall–Kier alpha value is -0.830. The van der Waals surface area contributed by atoms with Crippen LogP contribution >= 0.6 is 23.2 Å². The second-order valence-electron chi connectivity index (χ2n) is 4.86. The lowest BCUT2D eigenvalue weighted by Gasteiger charge is -2.10. The second-order valence-corrected chi connectivity index (χ2v) is 5.70. The van der Waals surface area contributed by atoms with Crippen molar-refractivity contribution in [1.29, 1.82) is 0 Å². The Kier molecular flexibility index (Phi) is 3.18. The molecule has 4 heteroatoms. The molecular formula is C14H14Cl2N2. The lowest BCUT2D eigenvalue weighted by Crippen LogP contribution is -2.15. The van der Waals surface area contributed by atoms with E-state index in [0.29, 0.717) is 16.1 Å². The minimum atomic E-state index is 0.631. The molecule has 0 bridgehead atoms. The molecule has 18 heavy (non-hydrogen) atoms. The Morgan fingerprint density at radius 1 is 1.28 bits per heavy atom. The van der Waals surface area contributed by atoms with Crippen LogP contribution in [0.5, 0.6) is 0 Å². The van der Waals surface area contributed by atoms with Gasteiger partial charge < -0.3 is 5.32 Å². The van der Waals surface area contributed by atoms with E-state index < -0.39 is 0 Å². The average Bonchev–Trinajstić information content (AvgIpc) is 3.07. The van der Waals surface area contributed by atoms with Crippen LogP contribution in [0.25, 0.3) is 10.9 Å². The summed E-state index contributed by atoms with van der Waals surface area (Å²) in [4.78, 5) is 4.50. The van der Waals surface area contributed by atoms with E-state index in [0.717, 1.165) is 23.1 Å². The van der Waals surface area contributed by atoms with Crippen molar-refractivity contribution in [2.24, 2.45) is 0 Å². The highest BCUT2D eigenvalue weighted by atomic mass is 35.5. The fourth-order valence-corrected chi connectivity index (χ4v) is 2.80. The van der Waals surface area contributed by atoms with Gasteiger partial charge >= 0.3 is 0 Å². The summed E-state index contributed by atoms with van der Waals surface area (Å²) in [5.74, 6) is 0. The minimum absolute atomic E-state index is 0.631.